The molecule has 0 saturated carbocycles. The number of unbranched alkanes of at least 4 members (excludes halogenated alkanes) is 1. The zero-order valence-corrected chi connectivity index (χ0v) is 22.3. The summed E-state index contributed by atoms with van der Waals surface area (Å²) in [5, 5.41) is 15.3. The van der Waals surface area contributed by atoms with E-state index >= 15 is 0 Å². The second-order valence-corrected chi connectivity index (χ2v) is 11.0. The molecule has 0 fully saturated rings. The molecule has 37 heavy (non-hydrogen) atoms. The molecule has 0 aliphatic carbocycles. The fourth-order valence-electron chi connectivity index (χ4n) is 3.93. The van der Waals surface area contributed by atoms with Gasteiger partial charge < -0.3 is 9.64 Å². The summed E-state index contributed by atoms with van der Waals surface area (Å²) >= 11 is 0.796. The number of aryl methyl sites for hydroxylation is 1. The van der Waals surface area contributed by atoms with E-state index < -0.39 is 21.5 Å². The lowest BCUT2D eigenvalue weighted by molar-refractivity contribution is -0.0429. The zero-order chi connectivity index (χ0) is 27.2. The highest BCUT2D eigenvalue weighted by molar-refractivity contribution is 7.93. The number of hydrogen-bond donors (Lipinski definition) is 1. The Bertz CT molecular complexity index is 1230. The highest BCUT2D eigenvalue weighted by Crippen LogP contribution is 2.40. The molecule has 0 amide bonds. The first kappa shape index (κ1) is 28.8. The van der Waals surface area contributed by atoms with Crippen LogP contribution in [0.5, 0.6) is 0 Å². The van der Waals surface area contributed by atoms with Gasteiger partial charge in [-0.2, -0.15) is 21.6 Å². The number of rotatable bonds is 11. The first-order valence-corrected chi connectivity index (χ1v) is 14.3. The van der Waals surface area contributed by atoms with Crippen LogP contribution in [0.3, 0.4) is 0 Å². The number of azo groups is 1. The molecule has 2 heterocycles. The van der Waals surface area contributed by atoms with Crippen molar-refractivity contribution in [1.82, 2.24) is 10.2 Å². The van der Waals surface area contributed by atoms with E-state index in [4.69, 9.17) is 4.74 Å². The van der Waals surface area contributed by atoms with Crippen LogP contribution >= 0.6 is 11.3 Å². The summed E-state index contributed by atoms with van der Waals surface area (Å²) in [5.74, 6) is -0.665. The average molecular weight is 563 g/mol. The van der Waals surface area contributed by atoms with Crippen LogP contribution in [0.1, 0.15) is 68.2 Å². The van der Waals surface area contributed by atoms with Crippen LogP contribution < -0.4 is 9.62 Å². The molecule has 1 aromatic heterocycles. The SMILES string of the molecule is CCCCOC(=O)c1nnc(N=Nc2cc3c(cc2NS(=O)(=O)C(F)(F)F)N(C(CC)CC)CCC3)s1. The van der Waals surface area contributed by atoms with Crippen molar-refractivity contribution in [2.24, 2.45) is 10.2 Å². The third kappa shape index (κ3) is 6.94. The lowest BCUT2D eigenvalue weighted by atomic mass is 9.97. The fraction of sp³-hybridized carbons (Fsp3) is 0.591. The van der Waals surface area contributed by atoms with Crippen molar-refractivity contribution in [2.75, 3.05) is 22.8 Å². The number of fused-ring (bicyclic) bond motifs is 1. The predicted octanol–water partition coefficient (Wildman–Crippen LogP) is 6.11. The van der Waals surface area contributed by atoms with Crippen molar-refractivity contribution in [3.63, 3.8) is 0 Å². The number of alkyl halides is 3. The van der Waals surface area contributed by atoms with Crippen LogP contribution in [0.25, 0.3) is 0 Å². The maximum Gasteiger partial charge on any atom is 0.516 e. The van der Waals surface area contributed by atoms with Gasteiger partial charge in [-0.25, -0.2) is 4.79 Å². The number of esters is 1. The van der Waals surface area contributed by atoms with Crippen LogP contribution in [-0.2, 0) is 21.2 Å². The molecule has 0 radical (unpaired) electrons. The van der Waals surface area contributed by atoms with Gasteiger partial charge in [0, 0.05) is 18.3 Å². The maximum atomic E-state index is 13.2. The summed E-state index contributed by atoms with van der Waals surface area (Å²) in [6.07, 6.45) is 4.66. The van der Waals surface area contributed by atoms with Crippen molar-refractivity contribution in [1.29, 1.82) is 0 Å². The molecule has 204 valence electrons. The number of sulfonamides is 1. The zero-order valence-electron chi connectivity index (χ0n) is 20.7. The number of benzene rings is 1. The minimum atomic E-state index is -5.71. The van der Waals surface area contributed by atoms with Gasteiger partial charge in [-0.3, -0.25) is 4.72 Å². The van der Waals surface area contributed by atoms with Crippen molar-refractivity contribution in [3.8, 4) is 0 Å². The number of ether oxygens (including phenoxy) is 1. The van der Waals surface area contributed by atoms with Crippen LogP contribution in [0.2, 0.25) is 0 Å². The van der Waals surface area contributed by atoms with E-state index in [2.05, 4.69) is 25.3 Å². The molecule has 2 aromatic rings. The number of hydrogen-bond acceptors (Lipinski definition) is 10. The van der Waals surface area contributed by atoms with Crippen molar-refractivity contribution >= 4 is 49.5 Å². The topological polar surface area (TPSA) is 126 Å². The lowest BCUT2D eigenvalue weighted by Crippen LogP contribution is -2.38. The number of anilines is 2. The average Bonchev–Trinajstić information content (AvgIpc) is 3.32. The molecule has 0 atom stereocenters. The smallest absolute Gasteiger partial charge is 0.460 e. The lowest BCUT2D eigenvalue weighted by Gasteiger charge is -2.38. The van der Waals surface area contributed by atoms with E-state index in [0.29, 0.717) is 25.1 Å². The van der Waals surface area contributed by atoms with Gasteiger partial charge in [0.25, 0.3) is 5.13 Å². The molecule has 0 saturated heterocycles. The van der Waals surface area contributed by atoms with E-state index in [1.807, 2.05) is 20.8 Å². The molecule has 1 aliphatic heterocycles. The minimum Gasteiger partial charge on any atom is -0.460 e. The van der Waals surface area contributed by atoms with E-state index in [1.54, 1.807) is 4.72 Å². The Morgan fingerprint density at radius 3 is 2.59 bits per heavy atom. The summed E-state index contributed by atoms with van der Waals surface area (Å²) in [6, 6.07) is 3.05. The Kier molecular flexibility index (Phi) is 9.45. The van der Waals surface area contributed by atoms with Gasteiger partial charge in [-0.05, 0) is 49.8 Å². The molecule has 15 heteroatoms. The monoisotopic (exact) mass is 562 g/mol. The van der Waals surface area contributed by atoms with Crippen molar-refractivity contribution in [2.45, 2.75) is 70.8 Å². The van der Waals surface area contributed by atoms with Gasteiger partial charge in [0.2, 0.25) is 5.01 Å². The van der Waals surface area contributed by atoms with Crippen molar-refractivity contribution in [3.05, 3.63) is 22.7 Å². The summed E-state index contributed by atoms with van der Waals surface area (Å²) in [7, 11) is -5.71. The Balaban J connectivity index is 1.97. The molecule has 1 N–H and O–H groups in total. The quantitative estimate of drug-likeness (QED) is 0.199. The number of carbonyl (C=O) groups excluding carboxylic acids is 1. The Morgan fingerprint density at radius 1 is 1.22 bits per heavy atom. The summed E-state index contributed by atoms with van der Waals surface area (Å²) in [4.78, 5) is 14.1. The third-order valence-corrected chi connectivity index (χ3v) is 7.73. The number of halogens is 3. The molecule has 0 spiro atoms. The van der Waals surface area contributed by atoms with Gasteiger partial charge in [0.05, 0.1) is 12.3 Å². The molecule has 0 bridgehead atoms. The van der Waals surface area contributed by atoms with Gasteiger partial charge >= 0.3 is 21.5 Å². The third-order valence-electron chi connectivity index (χ3n) is 5.85. The molecular formula is C22H29F3N6O4S2. The Labute approximate surface area is 217 Å². The van der Waals surface area contributed by atoms with Crippen molar-refractivity contribution < 1.29 is 31.1 Å². The van der Waals surface area contributed by atoms with Gasteiger partial charge in [0.1, 0.15) is 5.69 Å². The summed E-state index contributed by atoms with van der Waals surface area (Å²) in [6.45, 7) is 6.93. The standard InChI is InChI=1S/C22H29F3N6O4S2/c1-4-7-11-35-20(32)19-27-29-21(36-19)28-26-16-12-14-9-8-10-31(15(5-2)6-3)18(14)13-17(16)30-37(33,34)22(23,24)25/h12-13,15,30H,4-11H2,1-3H3. The van der Waals surface area contributed by atoms with Crippen LogP contribution in [0.4, 0.5) is 35.4 Å². The number of carbonyl (C=O) groups is 1. The fourth-order valence-corrected chi connectivity index (χ4v) is 5.06. The highest BCUT2D eigenvalue weighted by atomic mass is 32.2. The van der Waals surface area contributed by atoms with Crippen LogP contribution in [0.15, 0.2) is 22.4 Å². The van der Waals surface area contributed by atoms with E-state index in [1.165, 1.54) is 12.1 Å². The molecule has 0 unspecified atom stereocenters. The molecular weight excluding hydrogens is 533 g/mol. The number of nitrogens with one attached hydrogen (secondary N) is 1. The largest absolute Gasteiger partial charge is 0.516 e. The van der Waals surface area contributed by atoms with Gasteiger partial charge in [-0.15, -0.1) is 20.4 Å². The molecule has 1 aliphatic rings. The second-order valence-electron chi connectivity index (χ2n) is 8.40. The molecule has 3 rings (SSSR count). The van der Waals surface area contributed by atoms with Crippen LogP contribution in [-0.4, -0.2) is 49.3 Å². The predicted molar refractivity (Wildman–Crippen MR) is 134 cm³/mol. The molecule has 10 nitrogen and oxygen atoms in total. The minimum absolute atomic E-state index is 0.0385. The second kappa shape index (κ2) is 12.2. The normalized spacial score (nSPS) is 14.3. The molecule has 1 aromatic carbocycles. The number of nitrogens with zero attached hydrogens (tertiary/aromatic N) is 5. The Hall–Kier alpha value is -2.81. The summed E-state index contributed by atoms with van der Waals surface area (Å²) < 4.78 is 70.1. The van der Waals surface area contributed by atoms with E-state index in [0.717, 1.165) is 42.6 Å². The first-order chi connectivity index (χ1) is 17.5. The maximum absolute atomic E-state index is 13.2. The first-order valence-electron chi connectivity index (χ1n) is 12.0. The highest BCUT2D eigenvalue weighted by Gasteiger charge is 2.46. The van der Waals surface area contributed by atoms with E-state index in [9.17, 15) is 26.4 Å². The van der Waals surface area contributed by atoms with Gasteiger partial charge in [0.15, 0.2) is 0 Å². The van der Waals surface area contributed by atoms with Crippen LogP contribution in [0, 0.1) is 0 Å². The number of aromatic nitrogens is 2. The Morgan fingerprint density at radius 2 is 1.95 bits per heavy atom. The van der Waals surface area contributed by atoms with Gasteiger partial charge in [-0.1, -0.05) is 38.5 Å². The summed E-state index contributed by atoms with van der Waals surface area (Å²) in [5.41, 5.74) is -4.51. The van der Waals surface area contributed by atoms with E-state index in [-0.39, 0.29) is 34.2 Å².